The molecule has 8 aromatic carbocycles. The Hall–Kier alpha value is -7.63. The molecule has 0 bridgehead atoms. The third-order valence-electron chi connectivity index (χ3n) is 12.0. The second-order valence-electron chi connectivity index (χ2n) is 15.1. The summed E-state index contributed by atoms with van der Waals surface area (Å²) in [6.07, 6.45) is -0.331. The molecule has 1 atom stereocenters. The number of ether oxygens (including phenoxy) is 1. The number of hydrogen-bond donors (Lipinski definition) is 1. The van der Waals surface area contributed by atoms with Crippen molar-refractivity contribution in [3.63, 3.8) is 0 Å². The van der Waals surface area contributed by atoms with Gasteiger partial charge in [-0.2, -0.15) is 0 Å². The second-order valence-corrected chi connectivity index (χ2v) is 15.1. The molecule has 0 saturated heterocycles. The number of aliphatic imine (C=N–C) groups is 2. The molecule has 3 heterocycles. The number of pyridine rings is 1. The van der Waals surface area contributed by atoms with Gasteiger partial charge >= 0.3 is 0 Å². The van der Waals surface area contributed by atoms with Crippen molar-refractivity contribution >= 4 is 33.3 Å². The summed E-state index contributed by atoms with van der Waals surface area (Å²) in [5.41, 5.74) is 12.6. The highest BCUT2D eigenvalue weighted by molar-refractivity contribution is 6.18. The summed E-state index contributed by atoms with van der Waals surface area (Å²) in [5, 5.41) is 7.09. The molecule has 3 aliphatic rings. The van der Waals surface area contributed by atoms with Crippen molar-refractivity contribution in [2.45, 2.75) is 11.6 Å². The highest BCUT2D eigenvalue weighted by Gasteiger charge is 2.51. The minimum atomic E-state index is -0.572. The van der Waals surface area contributed by atoms with Crippen molar-refractivity contribution in [2.24, 2.45) is 9.98 Å². The van der Waals surface area contributed by atoms with Gasteiger partial charge in [0.1, 0.15) is 23.5 Å². The quantitative estimate of drug-likeness (QED) is 0.183. The van der Waals surface area contributed by atoms with Crippen LogP contribution in [0.1, 0.15) is 45.1 Å². The van der Waals surface area contributed by atoms with Crippen molar-refractivity contribution in [1.29, 1.82) is 0 Å². The molecule has 1 spiro atoms. The maximum Gasteiger partial charge on any atom is 0.159 e. The van der Waals surface area contributed by atoms with Gasteiger partial charge in [0.2, 0.25) is 0 Å². The summed E-state index contributed by atoms with van der Waals surface area (Å²) in [4.78, 5) is 15.6. The van der Waals surface area contributed by atoms with Crippen molar-refractivity contribution in [3.05, 3.63) is 233 Å². The normalized spacial score (nSPS) is 15.7. The number of rotatable bonds is 4. The molecule has 1 aliphatic carbocycles. The highest BCUT2D eigenvalue weighted by atomic mass is 16.5. The molecule has 1 N–H and O–H groups in total. The standard InChI is InChI=1S/C53H34N4O/c1-3-15-34(16-4-1)50-55-51(35-17-5-2-6-18-35)57-52(56-50)36-29-27-33(28-30-36)49-48-38(37-19-8-12-24-44(37)54-49)31-32-43-47(48)39-20-7-9-21-40(39)53(43)41-22-10-13-25-45(41)58-46-26-14-11-23-42(46)53/h1-32,52H,(H,55,56,57). The topological polar surface area (TPSA) is 58.9 Å². The van der Waals surface area contributed by atoms with Crippen LogP contribution in [0.2, 0.25) is 0 Å². The Labute approximate surface area is 335 Å². The van der Waals surface area contributed by atoms with Gasteiger partial charge in [0.25, 0.3) is 0 Å². The first-order valence-electron chi connectivity index (χ1n) is 19.7. The van der Waals surface area contributed by atoms with Crippen LogP contribution in [0.15, 0.2) is 204 Å². The lowest BCUT2D eigenvalue weighted by molar-refractivity contribution is 0.436. The van der Waals surface area contributed by atoms with Crippen molar-refractivity contribution in [3.8, 4) is 33.9 Å². The van der Waals surface area contributed by atoms with E-state index in [1.165, 1.54) is 27.6 Å². The zero-order chi connectivity index (χ0) is 38.2. The Balaban J connectivity index is 1.07. The molecule has 272 valence electrons. The molecule has 0 amide bonds. The van der Waals surface area contributed by atoms with Crippen LogP contribution < -0.4 is 10.1 Å². The molecular weight excluding hydrogens is 709 g/mol. The summed E-state index contributed by atoms with van der Waals surface area (Å²) in [5.74, 6) is 3.26. The van der Waals surface area contributed by atoms with Gasteiger partial charge in [-0.15, -0.1) is 0 Å². The minimum Gasteiger partial charge on any atom is -0.457 e. The predicted molar refractivity (Wildman–Crippen MR) is 234 cm³/mol. The predicted octanol–water partition coefficient (Wildman–Crippen LogP) is 12.0. The smallest absolute Gasteiger partial charge is 0.159 e. The van der Waals surface area contributed by atoms with Gasteiger partial charge in [-0.05, 0) is 51.4 Å². The van der Waals surface area contributed by atoms with Gasteiger partial charge in [0.15, 0.2) is 5.84 Å². The van der Waals surface area contributed by atoms with Gasteiger partial charge in [-0.3, -0.25) is 0 Å². The van der Waals surface area contributed by atoms with Crippen LogP contribution in [-0.4, -0.2) is 16.7 Å². The molecule has 58 heavy (non-hydrogen) atoms. The summed E-state index contributed by atoms with van der Waals surface area (Å²) in [6.45, 7) is 0. The average Bonchev–Trinajstić information content (AvgIpc) is 3.60. The molecule has 1 aromatic heterocycles. The first-order chi connectivity index (χ1) is 28.8. The molecule has 5 nitrogen and oxygen atoms in total. The molecule has 0 saturated carbocycles. The Morgan fingerprint density at radius 3 is 1.84 bits per heavy atom. The van der Waals surface area contributed by atoms with Crippen LogP contribution in [-0.2, 0) is 5.41 Å². The third kappa shape index (κ3) is 4.74. The Bertz CT molecular complexity index is 3130. The fraction of sp³-hybridized carbons (Fsp3) is 0.0377. The number of hydrogen-bond acceptors (Lipinski definition) is 5. The van der Waals surface area contributed by atoms with Crippen LogP contribution >= 0.6 is 0 Å². The van der Waals surface area contributed by atoms with E-state index in [1.54, 1.807) is 0 Å². The largest absolute Gasteiger partial charge is 0.457 e. The zero-order valence-electron chi connectivity index (χ0n) is 31.3. The van der Waals surface area contributed by atoms with E-state index in [2.05, 4.69) is 163 Å². The number of para-hydroxylation sites is 3. The molecule has 9 aromatic rings. The fourth-order valence-corrected chi connectivity index (χ4v) is 9.50. The maximum absolute atomic E-state index is 6.62. The molecule has 0 fully saturated rings. The Kier molecular flexibility index (Phi) is 7.14. The van der Waals surface area contributed by atoms with Crippen molar-refractivity contribution in [1.82, 2.24) is 10.3 Å². The highest BCUT2D eigenvalue weighted by Crippen LogP contribution is 2.63. The van der Waals surface area contributed by atoms with E-state index in [9.17, 15) is 0 Å². The SMILES string of the molecule is c1ccc(C2=NC(c3ccc(-c4nc5ccccc5c5ccc6c(c45)-c4ccccc4C64c5ccccc5Oc5ccccc54)cc3)NC(c3ccccc3)=N2)cc1. The summed E-state index contributed by atoms with van der Waals surface area (Å²) < 4.78 is 6.62. The van der Waals surface area contributed by atoms with Crippen molar-refractivity contribution < 1.29 is 4.74 Å². The van der Waals surface area contributed by atoms with Crippen LogP contribution in [0, 0.1) is 0 Å². The van der Waals surface area contributed by atoms with Gasteiger partial charge in [-0.1, -0.05) is 176 Å². The first kappa shape index (κ1) is 32.6. The van der Waals surface area contributed by atoms with E-state index in [4.69, 9.17) is 19.7 Å². The van der Waals surface area contributed by atoms with Crippen LogP contribution in [0.4, 0.5) is 0 Å². The Morgan fingerprint density at radius 1 is 0.483 bits per heavy atom. The second kappa shape index (κ2) is 12.7. The maximum atomic E-state index is 6.62. The number of aromatic nitrogens is 1. The lowest BCUT2D eigenvalue weighted by Crippen LogP contribution is -2.33. The minimum absolute atomic E-state index is 0.331. The van der Waals surface area contributed by atoms with Gasteiger partial charge in [-0.25, -0.2) is 15.0 Å². The third-order valence-corrected chi connectivity index (χ3v) is 12.0. The van der Waals surface area contributed by atoms with E-state index in [1.807, 2.05) is 36.4 Å². The molecule has 2 aliphatic heterocycles. The van der Waals surface area contributed by atoms with E-state index in [0.29, 0.717) is 5.84 Å². The lowest BCUT2D eigenvalue weighted by Gasteiger charge is -2.39. The first-order valence-corrected chi connectivity index (χ1v) is 19.7. The van der Waals surface area contributed by atoms with Gasteiger partial charge in [0.05, 0.1) is 16.6 Å². The number of fused-ring (bicyclic) bond motifs is 13. The van der Waals surface area contributed by atoms with Crippen LogP contribution in [0.5, 0.6) is 11.5 Å². The zero-order valence-corrected chi connectivity index (χ0v) is 31.3. The van der Waals surface area contributed by atoms with Crippen molar-refractivity contribution in [2.75, 3.05) is 0 Å². The van der Waals surface area contributed by atoms with E-state index < -0.39 is 5.41 Å². The lowest BCUT2D eigenvalue weighted by atomic mass is 9.66. The Morgan fingerprint density at radius 2 is 1.10 bits per heavy atom. The monoisotopic (exact) mass is 742 g/mol. The number of benzene rings is 8. The summed E-state index contributed by atoms with van der Waals surface area (Å²) in [7, 11) is 0. The van der Waals surface area contributed by atoms with Gasteiger partial charge < -0.3 is 10.1 Å². The fourth-order valence-electron chi connectivity index (χ4n) is 9.50. The number of nitrogens with one attached hydrogen (secondary N) is 1. The molecular formula is C53H34N4O. The molecule has 0 radical (unpaired) electrons. The summed E-state index contributed by atoms with van der Waals surface area (Å²) >= 11 is 0. The molecule has 5 heteroatoms. The number of nitrogens with zero attached hydrogens (tertiary/aromatic N) is 3. The number of amidine groups is 2. The van der Waals surface area contributed by atoms with Gasteiger partial charge in [0, 0.05) is 38.6 Å². The van der Waals surface area contributed by atoms with E-state index in [0.717, 1.165) is 72.7 Å². The summed E-state index contributed by atoms with van der Waals surface area (Å²) in [6, 6.07) is 68.4. The molecule has 1 unspecified atom stereocenters. The van der Waals surface area contributed by atoms with E-state index >= 15 is 0 Å². The average molecular weight is 743 g/mol. The van der Waals surface area contributed by atoms with Crippen LogP contribution in [0.25, 0.3) is 44.1 Å². The van der Waals surface area contributed by atoms with E-state index in [-0.39, 0.29) is 6.17 Å². The molecule has 12 rings (SSSR count). The van der Waals surface area contributed by atoms with Crippen LogP contribution in [0.3, 0.4) is 0 Å².